The van der Waals surface area contributed by atoms with Gasteiger partial charge in [-0.25, -0.2) is 0 Å². The summed E-state index contributed by atoms with van der Waals surface area (Å²) in [5, 5.41) is 0. The summed E-state index contributed by atoms with van der Waals surface area (Å²) in [5.74, 6) is 0.742. The highest BCUT2D eigenvalue weighted by Gasteiger charge is 1.98. The molecule has 59 valence electrons. The second-order valence-electron chi connectivity index (χ2n) is 2.29. The molecule has 0 spiro atoms. The lowest BCUT2D eigenvalue weighted by molar-refractivity contribution is -0.118. The molecule has 0 aliphatic heterocycles. The first-order chi connectivity index (χ1) is 4.81. The van der Waals surface area contributed by atoms with E-state index < -0.39 is 0 Å². The zero-order chi connectivity index (χ0) is 7.82. The molecule has 0 aliphatic carbocycles. The summed E-state index contributed by atoms with van der Waals surface area (Å²) in [5.41, 5.74) is 0. The van der Waals surface area contributed by atoms with E-state index in [4.69, 9.17) is 11.6 Å². The van der Waals surface area contributed by atoms with Crippen LogP contribution in [0.25, 0.3) is 0 Å². The lowest BCUT2D eigenvalue weighted by atomic mass is 10.1. The molecule has 0 aliphatic rings. The van der Waals surface area contributed by atoms with Crippen LogP contribution in [0.2, 0.25) is 0 Å². The van der Waals surface area contributed by atoms with Crippen molar-refractivity contribution in [2.45, 2.75) is 32.1 Å². The molecule has 10 heavy (non-hydrogen) atoms. The standard InChI is InChI=1S/C8H14ClO/c1-2-3-4-5-8(10)6-7-9/h1-7H2. The van der Waals surface area contributed by atoms with E-state index in [1.165, 1.54) is 0 Å². The molecular weight excluding hydrogens is 148 g/mol. The molecule has 0 aromatic carbocycles. The molecule has 0 bridgehead atoms. The average molecular weight is 162 g/mol. The van der Waals surface area contributed by atoms with Gasteiger partial charge >= 0.3 is 0 Å². The molecule has 0 rings (SSSR count). The fourth-order valence-corrected chi connectivity index (χ4v) is 0.940. The highest BCUT2D eigenvalue weighted by molar-refractivity contribution is 6.19. The Kier molecular flexibility index (Phi) is 7.04. The number of ketones is 1. The van der Waals surface area contributed by atoms with Crippen molar-refractivity contribution in [2.24, 2.45) is 0 Å². The molecule has 0 saturated carbocycles. The molecule has 0 amide bonds. The summed E-state index contributed by atoms with van der Waals surface area (Å²) < 4.78 is 0. The van der Waals surface area contributed by atoms with Crippen molar-refractivity contribution in [3.05, 3.63) is 6.92 Å². The number of carbonyl (C=O) groups is 1. The van der Waals surface area contributed by atoms with Gasteiger partial charge in [0.2, 0.25) is 0 Å². The number of unbranched alkanes of at least 4 members (excludes halogenated alkanes) is 2. The molecule has 1 nitrogen and oxygen atoms in total. The van der Waals surface area contributed by atoms with Crippen LogP contribution in [0, 0.1) is 6.92 Å². The highest BCUT2D eigenvalue weighted by atomic mass is 35.5. The van der Waals surface area contributed by atoms with Gasteiger partial charge < -0.3 is 0 Å². The number of hydrogen-bond acceptors (Lipinski definition) is 1. The summed E-state index contributed by atoms with van der Waals surface area (Å²) in [6.07, 6.45) is 4.16. The number of carbonyl (C=O) groups excluding carboxylic acids is 1. The minimum atomic E-state index is 0.281. The number of alkyl halides is 1. The SMILES string of the molecule is [CH2]CCCCC(=O)CCCl. The van der Waals surface area contributed by atoms with Gasteiger partial charge in [-0.05, 0) is 6.42 Å². The van der Waals surface area contributed by atoms with Gasteiger partial charge in [0.1, 0.15) is 5.78 Å². The van der Waals surface area contributed by atoms with Gasteiger partial charge in [-0.1, -0.05) is 19.8 Å². The monoisotopic (exact) mass is 161 g/mol. The predicted octanol–water partition coefficient (Wildman–Crippen LogP) is 2.58. The third kappa shape index (κ3) is 6.09. The van der Waals surface area contributed by atoms with E-state index in [9.17, 15) is 4.79 Å². The maximum absolute atomic E-state index is 10.8. The average Bonchev–Trinajstić information content (AvgIpc) is 1.89. The highest BCUT2D eigenvalue weighted by Crippen LogP contribution is 2.01. The second-order valence-corrected chi connectivity index (χ2v) is 2.67. The molecule has 0 fully saturated rings. The van der Waals surface area contributed by atoms with Gasteiger partial charge in [-0.3, -0.25) is 4.79 Å². The lowest BCUT2D eigenvalue weighted by Crippen LogP contribution is -1.97. The van der Waals surface area contributed by atoms with Crippen LogP contribution in [0.3, 0.4) is 0 Å². The van der Waals surface area contributed by atoms with E-state index in [0.717, 1.165) is 19.3 Å². The molecule has 0 saturated heterocycles. The third-order valence-corrected chi connectivity index (χ3v) is 1.52. The van der Waals surface area contributed by atoms with E-state index in [1.807, 2.05) is 0 Å². The fourth-order valence-electron chi connectivity index (χ4n) is 0.729. The van der Waals surface area contributed by atoms with E-state index in [-0.39, 0.29) is 5.78 Å². The Labute approximate surface area is 67.8 Å². The first-order valence-electron chi connectivity index (χ1n) is 3.68. The van der Waals surface area contributed by atoms with E-state index in [0.29, 0.717) is 18.7 Å². The molecule has 2 heteroatoms. The number of rotatable bonds is 6. The van der Waals surface area contributed by atoms with E-state index in [2.05, 4.69) is 6.92 Å². The Morgan fingerprint density at radius 1 is 1.30 bits per heavy atom. The van der Waals surface area contributed by atoms with Gasteiger partial charge in [0.05, 0.1) is 0 Å². The Hall–Kier alpha value is -0.0400. The smallest absolute Gasteiger partial charge is 0.134 e. The Morgan fingerprint density at radius 2 is 2.00 bits per heavy atom. The summed E-state index contributed by atoms with van der Waals surface area (Å²) in [6.45, 7) is 3.69. The third-order valence-electron chi connectivity index (χ3n) is 1.33. The zero-order valence-electron chi connectivity index (χ0n) is 6.24. The van der Waals surface area contributed by atoms with Crippen LogP contribution >= 0.6 is 11.6 Å². The Morgan fingerprint density at radius 3 is 2.50 bits per heavy atom. The topological polar surface area (TPSA) is 17.1 Å². The van der Waals surface area contributed by atoms with Crippen LogP contribution in [0.5, 0.6) is 0 Å². The largest absolute Gasteiger partial charge is 0.300 e. The van der Waals surface area contributed by atoms with Crippen molar-refractivity contribution in [3.8, 4) is 0 Å². The maximum Gasteiger partial charge on any atom is 0.134 e. The number of halogens is 1. The molecule has 0 atom stereocenters. The zero-order valence-corrected chi connectivity index (χ0v) is 6.99. The molecular formula is C8H14ClO. The van der Waals surface area contributed by atoms with E-state index in [1.54, 1.807) is 0 Å². The summed E-state index contributed by atoms with van der Waals surface area (Å²) in [4.78, 5) is 10.8. The Bertz CT molecular complexity index is 91.3. The second kappa shape index (κ2) is 7.07. The van der Waals surface area contributed by atoms with Gasteiger partial charge in [-0.2, -0.15) is 0 Å². The lowest BCUT2D eigenvalue weighted by Gasteiger charge is -1.95. The minimum Gasteiger partial charge on any atom is -0.300 e. The fraction of sp³-hybridized carbons (Fsp3) is 0.750. The molecule has 1 radical (unpaired) electrons. The van der Waals surface area contributed by atoms with Gasteiger partial charge in [0.25, 0.3) is 0 Å². The normalized spacial score (nSPS) is 9.80. The predicted molar refractivity (Wildman–Crippen MR) is 44.2 cm³/mol. The molecule has 0 unspecified atom stereocenters. The number of hydrogen-bond donors (Lipinski definition) is 0. The molecule has 0 N–H and O–H groups in total. The van der Waals surface area contributed by atoms with Crippen molar-refractivity contribution >= 4 is 17.4 Å². The summed E-state index contributed by atoms with van der Waals surface area (Å²) in [6, 6.07) is 0. The van der Waals surface area contributed by atoms with Crippen LogP contribution in [0.15, 0.2) is 0 Å². The van der Waals surface area contributed by atoms with Crippen LogP contribution < -0.4 is 0 Å². The van der Waals surface area contributed by atoms with Crippen LogP contribution in [0.1, 0.15) is 32.1 Å². The van der Waals surface area contributed by atoms with Crippen molar-refractivity contribution in [3.63, 3.8) is 0 Å². The summed E-state index contributed by atoms with van der Waals surface area (Å²) >= 11 is 5.38. The summed E-state index contributed by atoms with van der Waals surface area (Å²) in [7, 11) is 0. The molecule has 0 heterocycles. The van der Waals surface area contributed by atoms with Gasteiger partial charge in [-0.15, -0.1) is 11.6 Å². The van der Waals surface area contributed by atoms with Crippen molar-refractivity contribution < 1.29 is 4.79 Å². The molecule has 0 aromatic rings. The minimum absolute atomic E-state index is 0.281. The van der Waals surface area contributed by atoms with Crippen molar-refractivity contribution in [2.75, 3.05) is 5.88 Å². The van der Waals surface area contributed by atoms with Crippen LogP contribution in [-0.4, -0.2) is 11.7 Å². The molecule has 0 aromatic heterocycles. The number of Topliss-reactive ketones (excluding diaryl/α,β-unsaturated/α-hetero) is 1. The van der Waals surface area contributed by atoms with E-state index >= 15 is 0 Å². The van der Waals surface area contributed by atoms with Gasteiger partial charge in [0, 0.05) is 18.7 Å². The Balaban J connectivity index is 3.05. The first kappa shape index (κ1) is 9.96. The van der Waals surface area contributed by atoms with Crippen molar-refractivity contribution in [1.82, 2.24) is 0 Å². The van der Waals surface area contributed by atoms with Crippen LogP contribution in [-0.2, 0) is 4.79 Å². The van der Waals surface area contributed by atoms with Gasteiger partial charge in [0.15, 0.2) is 0 Å². The quantitative estimate of drug-likeness (QED) is 0.432. The van der Waals surface area contributed by atoms with Crippen LogP contribution in [0.4, 0.5) is 0 Å². The van der Waals surface area contributed by atoms with Crippen molar-refractivity contribution in [1.29, 1.82) is 0 Å². The maximum atomic E-state index is 10.8. The first-order valence-corrected chi connectivity index (χ1v) is 4.21.